The van der Waals surface area contributed by atoms with Crippen molar-refractivity contribution in [2.45, 2.75) is 348 Å². The van der Waals surface area contributed by atoms with Gasteiger partial charge in [-0.05, 0) is 174 Å². The van der Waals surface area contributed by atoms with Gasteiger partial charge in [-0.2, -0.15) is 26.3 Å². The minimum Gasteiger partial charge on any atom is -0.206 e. The van der Waals surface area contributed by atoms with Crippen molar-refractivity contribution in [3.05, 3.63) is 323 Å². The zero-order chi connectivity index (χ0) is 104. The average Bonchev–Trinajstić information content (AvgIpc) is 0.749. The van der Waals surface area contributed by atoms with E-state index in [0.29, 0.717) is 21.8 Å². The lowest BCUT2D eigenvalue weighted by Gasteiger charge is -2.29. The van der Waals surface area contributed by atoms with Gasteiger partial charge in [-0.25, -0.2) is 43.9 Å². The van der Waals surface area contributed by atoms with Crippen LogP contribution < -0.4 is 0 Å². The van der Waals surface area contributed by atoms with Crippen LogP contribution in [0.1, 0.15) is 335 Å². The standard InChI is InChI=1S/C15H18.C14H14F8.C12H16F2.C11H14Br2.C11H12Cl2F2.C11H12F4.2C8H10.C7H8.3C5H12.CH4/c1-11-5-6-12-7-8-14(15(2,3)4)10-13(12)9-11;1-11(2,3)10-8(13(17,18)19)5-7(12(4,15)16)6-9(10)14(20,21)22;1-11(2,3)9-5-7-10(8-6-9)12(4,13)14;1-7-5-8(12)10(9(13)6-7)11(2,3)4;1-5-9(14)7(12)6(11(2,3)4)8(13)10(5)15;1-5-7(12)6(11(2,3)4)9(14)10(15)8(5)13;2*1-7-4-3-5-8(2)6-7;1-7-5-3-2-4-6-7;3*1-5(2,3)4;/h5-10H,1-4H3;5-6H,1-4H3;5-8H,1-4H3;5-6H,1-4H3;2*1-4H3;2*3-6H,1-2H3;2-6H,1H3;3*1-4H3;1H4. The third-order valence-electron chi connectivity index (χ3n) is 17.8. The van der Waals surface area contributed by atoms with Crippen LogP contribution in [-0.4, -0.2) is 0 Å². The van der Waals surface area contributed by atoms with Gasteiger partial charge in [0.1, 0.15) is 17.5 Å². The monoisotopic (exact) mass is 2040 g/mol. The van der Waals surface area contributed by atoms with Crippen LogP contribution in [0.4, 0.5) is 70.2 Å². The summed E-state index contributed by atoms with van der Waals surface area (Å²) in [6, 6.07) is 51.6. The molecule has 0 unspecified atom stereocenters. The van der Waals surface area contributed by atoms with Crippen molar-refractivity contribution in [2.75, 3.05) is 0 Å². The molecule has 0 amide bonds. The van der Waals surface area contributed by atoms with E-state index in [1.807, 2.05) is 18.2 Å². The highest BCUT2D eigenvalue weighted by atomic mass is 79.9. The summed E-state index contributed by atoms with van der Waals surface area (Å²) in [5.74, 6) is -13.6. The van der Waals surface area contributed by atoms with E-state index in [1.165, 1.54) is 110 Å². The Hall–Kier alpha value is -7.12. The normalized spacial score (nSPS) is 11.9. The molecular weight excluding hydrogens is 1890 g/mol. The molecule has 10 aromatic carbocycles. The van der Waals surface area contributed by atoms with Crippen molar-refractivity contribution in [3.8, 4) is 0 Å². The molecule has 0 heterocycles. The van der Waals surface area contributed by atoms with E-state index < -0.39 is 109 Å². The van der Waals surface area contributed by atoms with Crippen molar-refractivity contribution < 1.29 is 70.2 Å². The van der Waals surface area contributed by atoms with Gasteiger partial charge in [-0.15, -0.1) is 0 Å². The summed E-state index contributed by atoms with van der Waals surface area (Å²) in [5, 5.41) is 2.49. The maximum absolute atomic E-state index is 13.6. The van der Waals surface area contributed by atoms with E-state index in [1.54, 1.807) is 32.9 Å². The zero-order valence-electron chi connectivity index (χ0n) is 86.1. The van der Waals surface area contributed by atoms with Crippen LogP contribution in [0.25, 0.3) is 10.8 Å². The predicted molar refractivity (Wildman–Crippen MR) is 547 cm³/mol. The molecule has 10 rings (SSSR count). The Morgan fingerprint density at radius 2 is 0.511 bits per heavy atom. The van der Waals surface area contributed by atoms with Gasteiger partial charge >= 0.3 is 12.4 Å². The van der Waals surface area contributed by atoms with Crippen molar-refractivity contribution in [2.24, 2.45) is 16.2 Å². The average molecular weight is 2050 g/mol. The van der Waals surface area contributed by atoms with E-state index in [0.717, 1.165) is 40.2 Å². The lowest BCUT2D eigenvalue weighted by molar-refractivity contribution is -0.145. The molecule has 0 aromatic heterocycles. The van der Waals surface area contributed by atoms with Crippen LogP contribution in [0.3, 0.4) is 0 Å². The Morgan fingerprint density at radius 3 is 0.782 bits per heavy atom. The molecule has 746 valence electrons. The van der Waals surface area contributed by atoms with Gasteiger partial charge in [0, 0.05) is 56.2 Å². The van der Waals surface area contributed by atoms with E-state index in [-0.39, 0.29) is 63.9 Å². The Labute approximate surface area is 818 Å². The molecular formula is C113H154Br2Cl2F16. The number of rotatable bonds is 2. The van der Waals surface area contributed by atoms with E-state index in [4.69, 9.17) is 23.2 Å². The first-order valence-electron chi connectivity index (χ1n) is 43.7. The molecule has 0 saturated heterocycles. The third-order valence-corrected chi connectivity index (χ3v) is 19.8. The van der Waals surface area contributed by atoms with E-state index in [2.05, 4.69) is 335 Å². The van der Waals surface area contributed by atoms with E-state index >= 15 is 0 Å². The third kappa shape index (κ3) is 50.7. The Balaban J connectivity index is -0.00000142. The van der Waals surface area contributed by atoms with Crippen LogP contribution in [0.5, 0.6) is 0 Å². The first kappa shape index (κ1) is 130. The first-order chi connectivity index (χ1) is 58.8. The van der Waals surface area contributed by atoms with Gasteiger partial charge in [-0.1, -0.05) is 443 Å². The molecule has 0 aliphatic carbocycles. The van der Waals surface area contributed by atoms with E-state index in [9.17, 15) is 70.2 Å². The zero-order valence-corrected chi connectivity index (χ0v) is 90.8. The van der Waals surface area contributed by atoms with Crippen LogP contribution in [0, 0.1) is 113 Å². The molecule has 0 nitrogen and oxygen atoms in total. The SMILES string of the molecule is C.CC(C)(C)C.CC(C)(C)C.CC(C)(C)C.CC(C)(C)c1c(C(F)(F)F)cc(C(C)(F)F)cc1C(F)(F)F.CC(C)(C)c1ccc(C(C)(F)F)cc1.Cc1c(F)c(Cl)c(C(C)(C)C)c(Cl)c1F.Cc1c(F)c(F)c(F)c(C(C)(C)C)c1F.Cc1cc(Br)c(C(C)(C)C)c(Br)c1.Cc1ccc2ccc(C(C)(C)C)cc2c1.Cc1cccc(C)c1.Cc1cccc(C)c1.Cc1ccccc1. The predicted octanol–water partition coefficient (Wildman–Crippen LogP) is 41.6. The molecule has 10 aromatic rings. The fraction of sp³-hybridized carbons (Fsp3) is 0.487. The van der Waals surface area contributed by atoms with Crippen LogP contribution in [0.2, 0.25) is 10.0 Å². The highest BCUT2D eigenvalue weighted by Gasteiger charge is 2.46. The molecule has 0 fully saturated rings. The smallest absolute Gasteiger partial charge is 0.206 e. The van der Waals surface area contributed by atoms with Crippen molar-refractivity contribution in [3.63, 3.8) is 0 Å². The molecule has 133 heavy (non-hydrogen) atoms. The number of fused-ring (bicyclic) bond motifs is 1. The van der Waals surface area contributed by atoms with Crippen molar-refractivity contribution >= 4 is 65.8 Å². The molecule has 0 bridgehead atoms. The summed E-state index contributed by atoms with van der Waals surface area (Å²) in [6.45, 7) is 77.6. The lowest BCUT2D eigenvalue weighted by atomic mass is 9.79. The second kappa shape index (κ2) is 52.6. The Kier molecular flexibility index (Phi) is 51.4. The first-order valence-corrected chi connectivity index (χ1v) is 46.0. The highest BCUT2D eigenvalue weighted by molar-refractivity contribution is 9.11. The number of aryl methyl sites for hydroxylation is 7. The number of hydrogen-bond acceptors (Lipinski definition) is 0. The van der Waals surface area contributed by atoms with Crippen LogP contribution >= 0.6 is 55.1 Å². The molecule has 0 aliphatic rings. The molecule has 0 spiro atoms. The summed E-state index contributed by atoms with van der Waals surface area (Å²) in [5.41, 5.74) is 5.67. The largest absolute Gasteiger partial charge is 0.416 e. The summed E-state index contributed by atoms with van der Waals surface area (Å²) in [6.07, 6.45) is -10.4. The topological polar surface area (TPSA) is 0 Å². The maximum Gasteiger partial charge on any atom is 0.416 e. The van der Waals surface area contributed by atoms with Crippen molar-refractivity contribution in [1.29, 1.82) is 0 Å². The lowest BCUT2D eigenvalue weighted by Crippen LogP contribution is -2.27. The van der Waals surface area contributed by atoms with Gasteiger partial charge in [0.05, 0.1) is 21.2 Å². The second-order valence-corrected chi connectivity index (χ2v) is 46.9. The summed E-state index contributed by atoms with van der Waals surface area (Å²) in [4.78, 5) is 0. The highest BCUT2D eigenvalue weighted by Crippen LogP contribution is 2.48. The fourth-order valence-electron chi connectivity index (χ4n) is 11.6. The summed E-state index contributed by atoms with van der Waals surface area (Å²) in [7, 11) is 0. The van der Waals surface area contributed by atoms with Gasteiger partial charge in [-0.3, -0.25) is 0 Å². The van der Waals surface area contributed by atoms with Gasteiger partial charge < -0.3 is 0 Å². The number of alkyl halides is 10. The second-order valence-electron chi connectivity index (χ2n) is 44.4. The minimum atomic E-state index is -5.18. The molecule has 0 atom stereocenters. The summed E-state index contributed by atoms with van der Waals surface area (Å²) < 4.78 is 213. The number of halogens is 20. The minimum absolute atomic E-state index is 0. The van der Waals surface area contributed by atoms with Crippen LogP contribution in [-0.2, 0) is 56.7 Å². The van der Waals surface area contributed by atoms with Crippen LogP contribution in [0.15, 0.2) is 173 Å². The quantitative estimate of drug-likeness (QED) is 0.0919. The van der Waals surface area contributed by atoms with Crippen molar-refractivity contribution in [1.82, 2.24) is 0 Å². The summed E-state index contributed by atoms with van der Waals surface area (Å²) >= 11 is 18.9. The molecule has 0 saturated carbocycles. The molecule has 0 N–H and O–H groups in total. The maximum atomic E-state index is 13.6. The number of benzene rings is 10. The molecule has 0 radical (unpaired) electrons. The Morgan fingerprint density at radius 1 is 0.226 bits per heavy atom. The van der Waals surface area contributed by atoms with Gasteiger partial charge in [0.15, 0.2) is 17.5 Å². The fourth-order valence-corrected chi connectivity index (χ4v) is 15.3. The molecule has 0 aliphatic heterocycles. The Bertz CT molecular complexity index is 4860. The molecule has 20 heteroatoms. The van der Waals surface area contributed by atoms with Gasteiger partial charge in [0.2, 0.25) is 0 Å². The number of hydrogen-bond donors (Lipinski definition) is 0. The van der Waals surface area contributed by atoms with Gasteiger partial charge in [0.25, 0.3) is 11.8 Å².